The van der Waals surface area contributed by atoms with Crippen molar-refractivity contribution >= 4 is 5.82 Å². The molecule has 0 amide bonds. The van der Waals surface area contributed by atoms with E-state index in [1.807, 2.05) is 0 Å². The van der Waals surface area contributed by atoms with Gasteiger partial charge < -0.3 is 5.73 Å². The maximum Gasteiger partial charge on any atom is 0.161 e. The van der Waals surface area contributed by atoms with Gasteiger partial charge in [-0.3, -0.25) is 4.68 Å². The molecule has 16 heavy (non-hydrogen) atoms. The van der Waals surface area contributed by atoms with E-state index in [-0.39, 0.29) is 5.56 Å². The van der Waals surface area contributed by atoms with Gasteiger partial charge in [0, 0.05) is 12.6 Å². The molecule has 0 unspecified atom stereocenters. The fourth-order valence-corrected chi connectivity index (χ4v) is 1.55. The summed E-state index contributed by atoms with van der Waals surface area (Å²) in [5, 5.41) is 3.95. The predicted octanol–water partition coefficient (Wildman–Crippen LogP) is 2.26. The van der Waals surface area contributed by atoms with Crippen molar-refractivity contribution < 1.29 is 8.78 Å². The maximum atomic E-state index is 13.2. The lowest BCUT2D eigenvalue weighted by Gasteiger charge is -2.04. The normalized spacial score (nSPS) is 10.8. The molecule has 3 nitrogen and oxygen atoms in total. The Morgan fingerprint density at radius 1 is 1.31 bits per heavy atom. The van der Waals surface area contributed by atoms with Gasteiger partial charge >= 0.3 is 0 Å². The first-order valence-electron chi connectivity index (χ1n) is 4.74. The Hall–Kier alpha value is -1.91. The molecule has 1 aromatic carbocycles. The Morgan fingerprint density at radius 3 is 2.50 bits per heavy atom. The average Bonchev–Trinajstić information content (AvgIpc) is 2.56. The van der Waals surface area contributed by atoms with Crippen molar-refractivity contribution in [3.63, 3.8) is 0 Å². The quantitative estimate of drug-likeness (QED) is 0.805. The summed E-state index contributed by atoms with van der Waals surface area (Å²) in [5.41, 5.74) is 7.14. The molecular weight excluding hydrogens is 212 g/mol. The average molecular weight is 223 g/mol. The summed E-state index contributed by atoms with van der Waals surface area (Å²) < 4.78 is 27.8. The topological polar surface area (TPSA) is 43.8 Å². The minimum atomic E-state index is -0.877. The van der Waals surface area contributed by atoms with Crippen LogP contribution in [0.25, 0.3) is 11.1 Å². The van der Waals surface area contributed by atoms with E-state index in [1.165, 1.54) is 17.8 Å². The van der Waals surface area contributed by atoms with E-state index in [2.05, 4.69) is 5.10 Å². The molecule has 0 aliphatic rings. The maximum absolute atomic E-state index is 13.2. The molecule has 0 atom stereocenters. The molecule has 0 radical (unpaired) electrons. The number of nitrogen functional groups attached to an aromatic ring is 1. The predicted molar refractivity (Wildman–Crippen MR) is 57.7 cm³/mol. The molecule has 2 N–H and O–H groups in total. The number of aromatic nitrogens is 2. The second-order valence-corrected chi connectivity index (χ2v) is 3.66. The largest absolute Gasteiger partial charge is 0.383 e. The number of aryl methyl sites for hydroxylation is 2. The minimum Gasteiger partial charge on any atom is -0.383 e. The van der Waals surface area contributed by atoms with E-state index in [0.29, 0.717) is 16.9 Å². The molecule has 2 rings (SSSR count). The van der Waals surface area contributed by atoms with Crippen LogP contribution in [0.2, 0.25) is 0 Å². The van der Waals surface area contributed by atoms with E-state index in [9.17, 15) is 8.78 Å². The lowest BCUT2D eigenvalue weighted by molar-refractivity contribution is 0.503. The SMILES string of the molecule is Cc1cc(-c2cnn(C)c2N)cc(F)c1F. The molecule has 0 bridgehead atoms. The Morgan fingerprint density at radius 2 is 2.00 bits per heavy atom. The molecule has 0 saturated carbocycles. The van der Waals surface area contributed by atoms with Crippen molar-refractivity contribution in [3.05, 3.63) is 35.5 Å². The highest BCUT2D eigenvalue weighted by Crippen LogP contribution is 2.27. The van der Waals surface area contributed by atoms with Crippen LogP contribution in [0.15, 0.2) is 18.3 Å². The molecule has 84 valence electrons. The zero-order chi connectivity index (χ0) is 11.9. The van der Waals surface area contributed by atoms with E-state index in [1.54, 1.807) is 13.1 Å². The molecule has 0 saturated heterocycles. The van der Waals surface area contributed by atoms with Gasteiger partial charge in [0.1, 0.15) is 5.82 Å². The molecule has 1 aromatic heterocycles. The van der Waals surface area contributed by atoms with Crippen LogP contribution in [-0.4, -0.2) is 9.78 Å². The first-order valence-corrected chi connectivity index (χ1v) is 4.74. The Labute approximate surface area is 91.5 Å². The minimum absolute atomic E-state index is 0.248. The molecule has 0 aliphatic carbocycles. The van der Waals surface area contributed by atoms with Gasteiger partial charge in [-0.15, -0.1) is 0 Å². The second-order valence-electron chi connectivity index (χ2n) is 3.66. The number of rotatable bonds is 1. The van der Waals surface area contributed by atoms with Crippen molar-refractivity contribution in [1.82, 2.24) is 9.78 Å². The van der Waals surface area contributed by atoms with E-state index >= 15 is 0 Å². The van der Waals surface area contributed by atoms with Crippen LogP contribution in [-0.2, 0) is 7.05 Å². The van der Waals surface area contributed by atoms with E-state index in [4.69, 9.17) is 5.73 Å². The van der Waals surface area contributed by atoms with Crippen LogP contribution < -0.4 is 5.73 Å². The summed E-state index contributed by atoms with van der Waals surface area (Å²) in [5.74, 6) is -1.28. The van der Waals surface area contributed by atoms with Crippen molar-refractivity contribution in [1.29, 1.82) is 0 Å². The number of benzene rings is 1. The number of hydrogen-bond acceptors (Lipinski definition) is 2. The number of nitrogens with two attached hydrogens (primary N) is 1. The fourth-order valence-electron chi connectivity index (χ4n) is 1.55. The zero-order valence-electron chi connectivity index (χ0n) is 8.96. The van der Waals surface area contributed by atoms with Crippen molar-refractivity contribution in [2.24, 2.45) is 7.05 Å². The second kappa shape index (κ2) is 3.59. The van der Waals surface area contributed by atoms with Crippen LogP contribution >= 0.6 is 0 Å². The van der Waals surface area contributed by atoms with Gasteiger partial charge in [0.2, 0.25) is 0 Å². The van der Waals surface area contributed by atoms with Crippen LogP contribution in [0, 0.1) is 18.6 Å². The summed E-state index contributed by atoms with van der Waals surface area (Å²) in [6, 6.07) is 2.67. The molecule has 1 heterocycles. The third-order valence-corrected chi connectivity index (χ3v) is 2.51. The number of anilines is 1. The molecular formula is C11H11F2N3. The molecule has 2 aromatic rings. The number of hydrogen-bond donors (Lipinski definition) is 1. The van der Waals surface area contributed by atoms with Gasteiger partial charge in [0.05, 0.1) is 6.20 Å². The van der Waals surface area contributed by atoms with Crippen molar-refractivity contribution in [2.75, 3.05) is 5.73 Å². The van der Waals surface area contributed by atoms with Crippen LogP contribution in [0.3, 0.4) is 0 Å². The molecule has 0 fully saturated rings. The smallest absolute Gasteiger partial charge is 0.161 e. The van der Waals surface area contributed by atoms with E-state index < -0.39 is 11.6 Å². The first-order chi connectivity index (χ1) is 7.50. The number of halogens is 2. The Balaban J connectivity index is 2.61. The summed E-state index contributed by atoms with van der Waals surface area (Å²) in [4.78, 5) is 0. The van der Waals surface area contributed by atoms with Gasteiger partial charge in [-0.1, -0.05) is 0 Å². The highest BCUT2D eigenvalue weighted by molar-refractivity contribution is 5.73. The molecule has 0 spiro atoms. The number of nitrogens with zero attached hydrogens (tertiary/aromatic N) is 2. The lowest BCUT2D eigenvalue weighted by Crippen LogP contribution is -1.98. The Bertz CT molecular complexity index is 523. The van der Waals surface area contributed by atoms with Gasteiger partial charge in [-0.25, -0.2) is 8.78 Å². The monoisotopic (exact) mass is 223 g/mol. The molecule has 0 aliphatic heterocycles. The van der Waals surface area contributed by atoms with Gasteiger partial charge in [0.25, 0.3) is 0 Å². The Kier molecular flexibility index (Phi) is 2.38. The third-order valence-electron chi connectivity index (χ3n) is 2.51. The van der Waals surface area contributed by atoms with Gasteiger partial charge in [0.15, 0.2) is 11.6 Å². The summed E-state index contributed by atoms with van der Waals surface area (Å²) >= 11 is 0. The van der Waals surface area contributed by atoms with E-state index in [0.717, 1.165) is 6.07 Å². The highest BCUT2D eigenvalue weighted by atomic mass is 19.2. The molecule has 5 heteroatoms. The van der Waals surface area contributed by atoms with Gasteiger partial charge in [-0.05, 0) is 30.2 Å². The first kappa shape index (κ1) is 10.6. The van der Waals surface area contributed by atoms with Crippen LogP contribution in [0.1, 0.15) is 5.56 Å². The summed E-state index contributed by atoms with van der Waals surface area (Å²) in [6.07, 6.45) is 1.53. The fraction of sp³-hybridized carbons (Fsp3) is 0.182. The highest BCUT2D eigenvalue weighted by Gasteiger charge is 2.12. The van der Waals surface area contributed by atoms with Crippen LogP contribution in [0.5, 0.6) is 0 Å². The lowest BCUT2D eigenvalue weighted by atomic mass is 10.1. The standard InChI is InChI=1S/C11H11F2N3/c1-6-3-7(4-9(12)10(6)13)8-5-15-16(2)11(8)14/h3-5H,14H2,1-2H3. The summed E-state index contributed by atoms with van der Waals surface area (Å²) in [7, 11) is 1.69. The van der Waals surface area contributed by atoms with Gasteiger partial charge in [-0.2, -0.15) is 5.10 Å². The van der Waals surface area contributed by atoms with Crippen LogP contribution in [0.4, 0.5) is 14.6 Å². The third kappa shape index (κ3) is 1.54. The summed E-state index contributed by atoms with van der Waals surface area (Å²) in [6.45, 7) is 1.51. The zero-order valence-corrected chi connectivity index (χ0v) is 8.96. The van der Waals surface area contributed by atoms with Crippen molar-refractivity contribution in [2.45, 2.75) is 6.92 Å². The van der Waals surface area contributed by atoms with Crippen molar-refractivity contribution in [3.8, 4) is 11.1 Å².